The zero-order valence-electron chi connectivity index (χ0n) is 9.77. The van der Waals surface area contributed by atoms with Crippen molar-refractivity contribution in [1.29, 1.82) is 0 Å². The summed E-state index contributed by atoms with van der Waals surface area (Å²) in [5.41, 5.74) is 0. The van der Waals surface area contributed by atoms with Crippen molar-refractivity contribution in [3.05, 3.63) is 0 Å². The van der Waals surface area contributed by atoms with Crippen LogP contribution in [0.2, 0.25) is 0 Å². The van der Waals surface area contributed by atoms with Gasteiger partial charge in [-0.1, -0.05) is 0 Å². The highest BCUT2D eigenvalue weighted by Crippen LogP contribution is 2.17. The van der Waals surface area contributed by atoms with Crippen molar-refractivity contribution in [2.45, 2.75) is 13.1 Å². The Morgan fingerprint density at radius 3 is 2.11 bits per heavy atom. The van der Waals surface area contributed by atoms with Crippen LogP contribution in [-0.2, 0) is 4.79 Å². The molecule has 0 spiro atoms. The minimum absolute atomic E-state index is 0.0768. The third-order valence-electron chi connectivity index (χ3n) is 1.99. The monoisotopic (exact) mass is 272 g/mol. The lowest BCUT2D eigenvalue weighted by Gasteiger charge is -2.29. The van der Waals surface area contributed by atoms with E-state index in [1.54, 1.807) is 0 Å². The fourth-order valence-electron chi connectivity index (χ4n) is 1.28. The fourth-order valence-corrected chi connectivity index (χ4v) is 1.28. The van der Waals surface area contributed by atoms with Gasteiger partial charge in [-0.25, -0.2) is 4.79 Å². The van der Waals surface area contributed by atoms with Gasteiger partial charge in [0.15, 0.2) is 0 Å². The maximum absolute atomic E-state index is 12.2. The summed E-state index contributed by atoms with van der Waals surface area (Å²) < 4.78 is 36.6. The Kier molecular flexibility index (Phi) is 6.45. The molecule has 106 valence electrons. The maximum atomic E-state index is 12.2. The van der Waals surface area contributed by atoms with Crippen molar-refractivity contribution in [2.24, 2.45) is 0 Å². The first kappa shape index (κ1) is 16.5. The number of carbonyl (C=O) groups excluding carboxylic acids is 1. The molecule has 0 bridgehead atoms. The molecule has 0 aromatic carbocycles. The number of aliphatic hydroxyl groups excluding tert-OH is 1. The number of hydrogen-bond donors (Lipinski definition) is 2. The largest absolute Gasteiger partial charge is 0.480 e. The van der Waals surface area contributed by atoms with E-state index in [2.05, 4.69) is 0 Å². The number of carbonyl (C=O) groups is 2. The Labute approximate surface area is 102 Å². The molecule has 0 atom stereocenters. The zero-order chi connectivity index (χ0) is 14.3. The van der Waals surface area contributed by atoms with Crippen molar-refractivity contribution in [3.8, 4) is 0 Å². The highest BCUT2D eigenvalue weighted by molar-refractivity contribution is 5.80. The number of carboxylic acid groups (broad SMARTS) is 1. The van der Waals surface area contributed by atoms with Gasteiger partial charge >= 0.3 is 18.2 Å². The number of halogens is 3. The molecule has 0 radical (unpaired) electrons. The topological polar surface area (TPSA) is 81.1 Å². The number of amides is 2. The highest BCUT2D eigenvalue weighted by Gasteiger charge is 2.35. The van der Waals surface area contributed by atoms with Gasteiger partial charge < -0.3 is 20.0 Å². The summed E-state index contributed by atoms with van der Waals surface area (Å²) >= 11 is 0. The quantitative estimate of drug-likeness (QED) is 0.732. The molecule has 18 heavy (non-hydrogen) atoms. The van der Waals surface area contributed by atoms with Crippen LogP contribution in [0, 0.1) is 0 Å². The van der Waals surface area contributed by atoms with E-state index in [0.717, 1.165) is 4.90 Å². The fraction of sp³-hybridized carbons (Fsp3) is 0.778. The van der Waals surface area contributed by atoms with Crippen LogP contribution in [0.4, 0.5) is 18.0 Å². The lowest BCUT2D eigenvalue weighted by Crippen LogP contribution is -2.49. The molecule has 0 unspecified atom stereocenters. The Hall–Kier alpha value is -1.51. The normalized spacial score (nSPS) is 11.2. The van der Waals surface area contributed by atoms with Crippen LogP contribution in [0.5, 0.6) is 0 Å². The van der Waals surface area contributed by atoms with Gasteiger partial charge in [0, 0.05) is 13.1 Å². The molecule has 0 aromatic heterocycles. The van der Waals surface area contributed by atoms with Crippen molar-refractivity contribution in [3.63, 3.8) is 0 Å². The van der Waals surface area contributed by atoms with Gasteiger partial charge in [-0.2, -0.15) is 13.2 Å². The van der Waals surface area contributed by atoms with Gasteiger partial charge in [0.1, 0.15) is 13.1 Å². The summed E-state index contributed by atoms with van der Waals surface area (Å²) in [6.07, 6.45) is -4.68. The number of rotatable bonds is 6. The van der Waals surface area contributed by atoms with Crippen LogP contribution in [-0.4, -0.2) is 71.0 Å². The van der Waals surface area contributed by atoms with Crippen LogP contribution in [0.3, 0.4) is 0 Å². The van der Waals surface area contributed by atoms with Gasteiger partial charge in [-0.3, -0.25) is 4.79 Å². The molecule has 2 amide bonds. The van der Waals surface area contributed by atoms with Crippen LogP contribution >= 0.6 is 0 Å². The Balaban J connectivity index is 4.82. The summed E-state index contributed by atoms with van der Waals surface area (Å²) in [4.78, 5) is 23.2. The van der Waals surface area contributed by atoms with Crippen LogP contribution in [0.15, 0.2) is 0 Å². The maximum Gasteiger partial charge on any atom is 0.406 e. The number of nitrogens with zero attached hydrogens (tertiary/aromatic N) is 2. The minimum Gasteiger partial charge on any atom is -0.480 e. The van der Waals surface area contributed by atoms with E-state index in [1.807, 2.05) is 0 Å². The molecule has 9 heteroatoms. The Morgan fingerprint density at radius 2 is 1.78 bits per heavy atom. The molecule has 0 saturated carbocycles. The van der Waals surface area contributed by atoms with Crippen molar-refractivity contribution in [1.82, 2.24) is 9.80 Å². The first-order chi connectivity index (χ1) is 8.21. The van der Waals surface area contributed by atoms with E-state index in [1.165, 1.54) is 6.92 Å². The molecule has 0 aliphatic heterocycles. The SMILES string of the molecule is CCN(CCO)C(=O)N(CC(=O)O)CC(F)(F)F. The molecule has 0 rings (SSSR count). The molecule has 0 aromatic rings. The van der Waals surface area contributed by atoms with Crippen molar-refractivity contribution in [2.75, 3.05) is 32.8 Å². The second kappa shape index (κ2) is 7.04. The average molecular weight is 272 g/mol. The minimum atomic E-state index is -4.68. The van der Waals surface area contributed by atoms with E-state index < -0.39 is 37.9 Å². The lowest BCUT2D eigenvalue weighted by molar-refractivity contribution is -0.149. The van der Waals surface area contributed by atoms with E-state index >= 15 is 0 Å². The summed E-state index contributed by atoms with van der Waals surface area (Å²) in [6, 6.07) is -1.06. The number of likely N-dealkylation sites (N-methyl/N-ethyl adjacent to an activating group) is 1. The summed E-state index contributed by atoms with van der Waals surface area (Å²) in [6.45, 7) is -1.65. The zero-order valence-corrected chi connectivity index (χ0v) is 9.77. The van der Waals surface area contributed by atoms with Gasteiger partial charge in [-0.15, -0.1) is 0 Å². The molecule has 0 aliphatic rings. The number of hydrogen-bond acceptors (Lipinski definition) is 3. The Morgan fingerprint density at radius 1 is 1.22 bits per heavy atom. The number of alkyl halides is 3. The molecule has 0 heterocycles. The van der Waals surface area contributed by atoms with Crippen molar-refractivity contribution >= 4 is 12.0 Å². The molecule has 0 aliphatic carbocycles. The van der Waals surface area contributed by atoms with E-state index in [0.29, 0.717) is 0 Å². The number of aliphatic hydroxyl groups is 1. The molecule has 2 N–H and O–H groups in total. The van der Waals surface area contributed by atoms with Gasteiger partial charge in [0.05, 0.1) is 6.61 Å². The van der Waals surface area contributed by atoms with Crippen LogP contribution in [0.1, 0.15) is 6.92 Å². The third kappa shape index (κ3) is 6.28. The number of urea groups is 1. The first-order valence-electron chi connectivity index (χ1n) is 5.14. The van der Waals surface area contributed by atoms with Gasteiger partial charge in [0.25, 0.3) is 0 Å². The summed E-state index contributed by atoms with van der Waals surface area (Å²) in [5.74, 6) is -1.53. The second-order valence-corrected chi connectivity index (χ2v) is 3.45. The van der Waals surface area contributed by atoms with Gasteiger partial charge in [0.2, 0.25) is 0 Å². The molecule has 0 saturated heterocycles. The highest BCUT2D eigenvalue weighted by atomic mass is 19.4. The standard InChI is InChI=1S/C9H15F3N2O4/c1-2-13(3-4-15)8(18)14(5-7(16)17)6-9(10,11)12/h15H,2-6H2,1H3,(H,16,17). The third-order valence-corrected chi connectivity index (χ3v) is 1.99. The second-order valence-electron chi connectivity index (χ2n) is 3.45. The van der Waals surface area contributed by atoms with Gasteiger partial charge in [-0.05, 0) is 6.92 Å². The van der Waals surface area contributed by atoms with Crippen LogP contribution in [0.25, 0.3) is 0 Å². The number of carboxylic acids is 1. The smallest absolute Gasteiger partial charge is 0.406 e. The molecule has 0 fully saturated rings. The predicted molar refractivity (Wildman–Crippen MR) is 55.0 cm³/mol. The Bertz CT molecular complexity index is 296. The summed E-state index contributed by atoms with van der Waals surface area (Å²) in [7, 11) is 0. The predicted octanol–water partition coefficient (Wildman–Crippen LogP) is 0.369. The van der Waals surface area contributed by atoms with Crippen LogP contribution < -0.4 is 0 Å². The first-order valence-corrected chi connectivity index (χ1v) is 5.14. The van der Waals surface area contributed by atoms with Crippen molar-refractivity contribution < 1.29 is 33.0 Å². The molecule has 6 nitrogen and oxygen atoms in total. The lowest BCUT2D eigenvalue weighted by atomic mass is 10.4. The van der Waals surface area contributed by atoms with E-state index in [-0.39, 0.29) is 18.0 Å². The molecular formula is C9H15F3N2O4. The molecular weight excluding hydrogens is 257 g/mol. The number of aliphatic carboxylic acids is 1. The van der Waals surface area contributed by atoms with E-state index in [4.69, 9.17) is 10.2 Å². The van der Waals surface area contributed by atoms with E-state index in [9.17, 15) is 22.8 Å². The average Bonchev–Trinajstić information content (AvgIpc) is 2.21. The summed E-state index contributed by atoms with van der Waals surface area (Å²) in [5, 5.41) is 17.1.